The first-order valence-corrected chi connectivity index (χ1v) is 8.21. The highest BCUT2D eigenvalue weighted by atomic mass is 32.2. The van der Waals surface area contributed by atoms with Crippen LogP contribution in [0.5, 0.6) is 0 Å². The first kappa shape index (κ1) is 14.6. The van der Waals surface area contributed by atoms with Crippen LogP contribution in [0.3, 0.4) is 0 Å². The van der Waals surface area contributed by atoms with E-state index in [1.54, 1.807) is 11.3 Å². The van der Waals surface area contributed by atoms with E-state index in [4.69, 9.17) is 4.74 Å². The van der Waals surface area contributed by atoms with Gasteiger partial charge in [-0.15, -0.1) is 11.3 Å². The Hall–Kier alpha value is -0.430. The molecule has 0 aliphatic carbocycles. The zero-order chi connectivity index (χ0) is 12.7. The van der Waals surface area contributed by atoms with Gasteiger partial charge < -0.3 is 10.1 Å². The Labute approximate surface area is 107 Å². The second-order valence-electron chi connectivity index (χ2n) is 3.84. The third kappa shape index (κ3) is 5.63. The molecule has 0 aliphatic heterocycles. The van der Waals surface area contributed by atoms with Crippen molar-refractivity contribution < 1.29 is 13.2 Å². The molecular formula is C11H19NO3S2. The molecule has 6 heteroatoms. The summed E-state index contributed by atoms with van der Waals surface area (Å²) in [5.74, 6) is 0.255. The molecular weight excluding hydrogens is 258 g/mol. The molecule has 1 aromatic rings. The second kappa shape index (κ2) is 7.10. The number of hydrogen-bond acceptors (Lipinski definition) is 5. The summed E-state index contributed by atoms with van der Waals surface area (Å²) in [6.45, 7) is 2.78. The molecule has 0 saturated carbocycles. The van der Waals surface area contributed by atoms with E-state index in [0.29, 0.717) is 6.54 Å². The van der Waals surface area contributed by atoms with Crippen LogP contribution < -0.4 is 5.32 Å². The van der Waals surface area contributed by atoms with Crippen molar-refractivity contribution in [3.63, 3.8) is 0 Å². The van der Waals surface area contributed by atoms with Crippen molar-refractivity contribution in [1.82, 2.24) is 5.32 Å². The number of nitrogens with one attached hydrogen (secondary N) is 1. The molecule has 1 atom stereocenters. The fourth-order valence-corrected chi connectivity index (χ4v) is 3.19. The fraction of sp³-hybridized carbons (Fsp3) is 0.636. The summed E-state index contributed by atoms with van der Waals surface area (Å²) in [7, 11) is -1.49. The molecule has 0 spiro atoms. The molecule has 98 valence electrons. The van der Waals surface area contributed by atoms with Gasteiger partial charge in [-0.25, -0.2) is 8.42 Å². The summed E-state index contributed by atoms with van der Waals surface area (Å²) in [5.41, 5.74) is 0. The predicted molar refractivity (Wildman–Crippen MR) is 71.3 cm³/mol. The summed E-state index contributed by atoms with van der Waals surface area (Å²) >= 11 is 1.67. The zero-order valence-corrected chi connectivity index (χ0v) is 11.8. The maximum Gasteiger partial charge on any atom is 0.153 e. The Balaban J connectivity index is 2.28. The van der Waals surface area contributed by atoms with E-state index in [-0.39, 0.29) is 24.2 Å². The van der Waals surface area contributed by atoms with Crippen molar-refractivity contribution in [2.45, 2.75) is 13.0 Å². The molecule has 1 rings (SSSR count). The van der Waals surface area contributed by atoms with E-state index in [1.807, 2.05) is 24.4 Å². The third-order valence-electron chi connectivity index (χ3n) is 2.43. The van der Waals surface area contributed by atoms with E-state index in [2.05, 4.69) is 5.32 Å². The average molecular weight is 277 g/mol. The summed E-state index contributed by atoms with van der Waals surface area (Å²) in [5, 5.41) is 5.22. The van der Waals surface area contributed by atoms with E-state index in [9.17, 15) is 8.42 Å². The first-order chi connectivity index (χ1) is 8.05. The standard InChI is InChI=1S/C11H19NO3S2/c1-10(11-4-3-7-16-11)12-5-8-17(13,14)9-6-15-2/h3-4,7,10,12H,5-6,8-9H2,1-2H3. The largest absolute Gasteiger partial charge is 0.384 e. The average Bonchev–Trinajstić information content (AvgIpc) is 2.79. The fourth-order valence-electron chi connectivity index (χ4n) is 1.38. The molecule has 0 fully saturated rings. The van der Waals surface area contributed by atoms with Crippen molar-refractivity contribution >= 4 is 21.2 Å². The number of hydrogen-bond donors (Lipinski definition) is 1. The van der Waals surface area contributed by atoms with Gasteiger partial charge in [0.05, 0.1) is 18.1 Å². The molecule has 0 radical (unpaired) electrons. The van der Waals surface area contributed by atoms with Crippen molar-refractivity contribution in [2.24, 2.45) is 0 Å². The van der Waals surface area contributed by atoms with Crippen LogP contribution in [-0.4, -0.2) is 40.2 Å². The van der Waals surface area contributed by atoms with Gasteiger partial charge in [-0.3, -0.25) is 0 Å². The van der Waals surface area contributed by atoms with E-state index in [0.717, 1.165) is 0 Å². The summed E-state index contributed by atoms with van der Waals surface area (Å²) in [4.78, 5) is 1.22. The van der Waals surface area contributed by atoms with Gasteiger partial charge in [0.2, 0.25) is 0 Å². The number of ether oxygens (including phenoxy) is 1. The minimum atomic E-state index is -2.99. The van der Waals surface area contributed by atoms with Crippen LogP contribution in [-0.2, 0) is 14.6 Å². The number of thiophene rings is 1. The van der Waals surface area contributed by atoms with Gasteiger partial charge in [0.25, 0.3) is 0 Å². The lowest BCUT2D eigenvalue weighted by Gasteiger charge is -2.12. The van der Waals surface area contributed by atoms with E-state index in [1.165, 1.54) is 12.0 Å². The normalized spacial score (nSPS) is 13.8. The Morgan fingerprint density at radius 1 is 1.47 bits per heavy atom. The van der Waals surface area contributed by atoms with Crippen molar-refractivity contribution in [3.8, 4) is 0 Å². The van der Waals surface area contributed by atoms with Gasteiger partial charge in [-0.1, -0.05) is 6.07 Å². The highest BCUT2D eigenvalue weighted by molar-refractivity contribution is 7.91. The maximum atomic E-state index is 11.5. The summed E-state index contributed by atoms with van der Waals surface area (Å²) in [6.07, 6.45) is 0. The maximum absolute atomic E-state index is 11.5. The lowest BCUT2D eigenvalue weighted by atomic mass is 10.3. The van der Waals surface area contributed by atoms with Crippen LogP contribution >= 0.6 is 11.3 Å². The SMILES string of the molecule is COCCS(=O)(=O)CCNC(C)c1cccs1. The van der Waals surface area contributed by atoms with Gasteiger partial charge in [0, 0.05) is 24.6 Å². The summed E-state index contributed by atoms with van der Waals surface area (Å²) in [6, 6.07) is 4.24. The Bertz CT molecular complexity index is 400. The second-order valence-corrected chi connectivity index (χ2v) is 7.12. The van der Waals surface area contributed by atoms with E-state index >= 15 is 0 Å². The van der Waals surface area contributed by atoms with Gasteiger partial charge in [0.15, 0.2) is 9.84 Å². The Morgan fingerprint density at radius 2 is 2.24 bits per heavy atom. The quantitative estimate of drug-likeness (QED) is 0.781. The van der Waals surface area contributed by atoms with Crippen molar-refractivity contribution in [2.75, 3.05) is 31.8 Å². The first-order valence-electron chi connectivity index (χ1n) is 5.51. The van der Waals surface area contributed by atoms with Crippen LogP contribution in [0.1, 0.15) is 17.8 Å². The number of methoxy groups -OCH3 is 1. The van der Waals surface area contributed by atoms with Crippen molar-refractivity contribution in [1.29, 1.82) is 0 Å². The lowest BCUT2D eigenvalue weighted by molar-refractivity contribution is 0.217. The predicted octanol–water partition coefficient (Wildman–Crippen LogP) is 1.46. The molecule has 0 amide bonds. The van der Waals surface area contributed by atoms with Gasteiger partial charge in [0.1, 0.15) is 0 Å². The monoisotopic (exact) mass is 277 g/mol. The molecule has 0 bridgehead atoms. The molecule has 1 unspecified atom stereocenters. The topological polar surface area (TPSA) is 55.4 Å². The van der Waals surface area contributed by atoms with Crippen LogP contribution in [0.15, 0.2) is 17.5 Å². The van der Waals surface area contributed by atoms with Crippen LogP contribution in [0.25, 0.3) is 0 Å². The minimum Gasteiger partial charge on any atom is -0.384 e. The van der Waals surface area contributed by atoms with Crippen LogP contribution in [0.2, 0.25) is 0 Å². The molecule has 0 saturated heterocycles. The molecule has 0 aliphatic rings. The summed E-state index contributed by atoms with van der Waals surface area (Å²) < 4.78 is 27.8. The molecule has 17 heavy (non-hydrogen) atoms. The molecule has 4 nitrogen and oxygen atoms in total. The number of sulfone groups is 1. The van der Waals surface area contributed by atoms with Crippen LogP contribution in [0.4, 0.5) is 0 Å². The van der Waals surface area contributed by atoms with Gasteiger partial charge in [-0.05, 0) is 18.4 Å². The van der Waals surface area contributed by atoms with Crippen LogP contribution in [0, 0.1) is 0 Å². The van der Waals surface area contributed by atoms with E-state index < -0.39 is 9.84 Å². The third-order valence-corrected chi connectivity index (χ3v) is 5.10. The smallest absolute Gasteiger partial charge is 0.153 e. The highest BCUT2D eigenvalue weighted by Gasteiger charge is 2.11. The van der Waals surface area contributed by atoms with Gasteiger partial charge >= 0.3 is 0 Å². The minimum absolute atomic E-state index is 0.0958. The van der Waals surface area contributed by atoms with Gasteiger partial charge in [-0.2, -0.15) is 0 Å². The van der Waals surface area contributed by atoms with Crippen molar-refractivity contribution in [3.05, 3.63) is 22.4 Å². The Kier molecular flexibility index (Phi) is 6.11. The molecule has 1 aromatic heterocycles. The lowest BCUT2D eigenvalue weighted by Crippen LogP contribution is -2.27. The Morgan fingerprint density at radius 3 is 2.82 bits per heavy atom. The highest BCUT2D eigenvalue weighted by Crippen LogP contribution is 2.17. The molecule has 1 heterocycles. The zero-order valence-electron chi connectivity index (χ0n) is 10.2. The molecule has 0 aromatic carbocycles. The number of rotatable bonds is 8. The molecule has 1 N–H and O–H groups in total.